The Morgan fingerprint density at radius 1 is 1.00 bits per heavy atom. The number of aliphatic hydroxyl groups excluding tert-OH is 2. The Hall–Kier alpha value is 0.800. The van der Waals surface area contributed by atoms with Gasteiger partial charge in [-0.15, -0.1) is 0 Å². The zero-order valence-corrected chi connectivity index (χ0v) is 5.04. The van der Waals surface area contributed by atoms with Crippen LogP contribution in [0.1, 0.15) is 0 Å². The van der Waals surface area contributed by atoms with Crippen molar-refractivity contribution in [2.45, 2.75) is 0 Å². The molecule has 0 rings (SSSR count). The molecular formula is C4H12NNaO4. The molecule has 58 valence electrons. The van der Waals surface area contributed by atoms with Crippen molar-refractivity contribution in [1.29, 1.82) is 0 Å². The van der Waals surface area contributed by atoms with Gasteiger partial charge in [0.25, 0.3) is 0 Å². The maximum absolute atomic E-state index is 8.15. The van der Waals surface area contributed by atoms with Crippen molar-refractivity contribution in [3.8, 4) is 0 Å². The summed E-state index contributed by atoms with van der Waals surface area (Å²) in [5.74, 6) is 0. The van der Waals surface area contributed by atoms with Crippen LogP contribution in [-0.2, 0) is 9.68 Å². The molecule has 0 aliphatic rings. The molecule has 0 bridgehead atoms. The minimum atomic E-state index is -0.0600. The van der Waals surface area contributed by atoms with E-state index in [0.29, 0.717) is 0 Å². The van der Waals surface area contributed by atoms with E-state index in [0.717, 1.165) is 0 Å². The standard InChI is InChI=1S/C4H11NO4.Na.H/c6-1-3-8-5-9-4-2-7;;/h5-7H,1-4H2;;. The van der Waals surface area contributed by atoms with Crippen LogP contribution in [0.5, 0.6) is 0 Å². The molecule has 10 heavy (non-hydrogen) atoms. The second kappa shape index (κ2) is 12.5. The van der Waals surface area contributed by atoms with Crippen molar-refractivity contribution >= 4 is 29.6 Å². The van der Waals surface area contributed by atoms with Gasteiger partial charge in [0.2, 0.25) is 0 Å². The molecule has 0 atom stereocenters. The number of aliphatic hydroxyl groups is 2. The molecule has 0 fully saturated rings. The first-order valence-corrected chi connectivity index (χ1v) is 2.62. The molecule has 0 heterocycles. The first kappa shape index (κ1) is 13.4. The van der Waals surface area contributed by atoms with E-state index in [1.165, 1.54) is 0 Å². The zero-order valence-electron chi connectivity index (χ0n) is 5.04. The maximum atomic E-state index is 8.15. The molecule has 0 aliphatic heterocycles. The molecule has 6 heteroatoms. The Morgan fingerprint density at radius 2 is 1.40 bits per heavy atom. The summed E-state index contributed by atoms with van der Waals surface area (Å²) in [7, 11) is 0. The van der Waals surface area contributed by atoms with Crippen LogP contribution in [0.25, 0.3) is 0 Å². The molecule has 0 saturated heterocycles. The van der Waals surface area contributed by atoms with Gasteiger partial charge in [-0.1, -0.05) is 5.64 Å². The molecule has 0 aromatic rings. The fourth-order valence-electron chi connectivity index (χ4n) is 0.216. The molecule has 0 aliphatic carbocycles. The summed E-state index contributed by atoms with van der Waals surface area (Å²) in [6.45, 7) is 0.224. The summed E-state index contributed by atoms with van der Waals surface area (Å²) in [6, 6.07) is 0. The quantitative estimate of drug-likeness (QED) is 0.234. The monoisotopic (exact) mass is 161 g/mol. The van der Waals surface area contributed by atoms with Gasteiger partial charge >= 0.3 is 29.6 Å². The third-order valence-electron chi connectivity index (χ3n) is 0.505. The van der Waals surface area contributed by atoms with Gasteiger partial charge in [-0.3, -0.25) is 9.68 Å². The molecule has 5 nitrogen and oxygen atoms in total. The fraction of sp³-hybridized carbons (Fsp3) is 1.00. The van der Waals surface area contributed by atoms with E-state index < -0.39 is 0 Å². The average Bonchev–Trinajstić information content (AvgIpc) is 1.89. The number of hydrogen-bond donors (Lipinski definition) is 3. The second-order valence-electron chi connectivity index (χ2n) is 1.23. The van der Waals surface area contributed by atoms with E-state index in [-0.39, 0.29) is 56.0 Å². The van der Waals surface area contributed by atoms with Crippen LogP contribution >= 0.6 is 0 Å². The molecule has 0 aromatic carbocycles. The van der Waals surface area contributed by atoms with E-state index in [4.69, 9.17) is 10.2 Å². The van der Waals surface area contributed by atoms with Gasteiger partial charge in [0, 0.05) is 0 Å². The van der Waals surface area contributed by atoms with Crippen molar-refractivity contribution in [2.75, 3.05) is 26.4 Å². The summed E-state index contributed by atoms with van der Waals surface area (Å²) < 4.78 is 0. The van der Waals surface area contributed by atoms with Crippen LogP contribution in [0.4, 0.5) is 0 Å². The molecular weight excluding hydrogens is 149 g/mol. The van der Waals surface area contributed by atoms with Crippen molar-refractivity contribution in [2.24, 2.45) is 0 Å². The van der Waals surface area contributed by atoms with E-state index in [9.17, 15) is 0 Å². The van der Waals surface area contributed by atoms with E-state index >= 15 is 0 Å². The Morgan fingerprint density at radius 3 is 1.70 bits per heavy atom. The fourth-order valence-corrected chi connectivity index (χ4v) is 0.216. The summed E-state index contributed by atoms with van der Waals surface area (Å²) >= 11 is 0. The molecule has 3 N–H and O–H groups in total. The summed E-state index contributed by atoms with van der Waals surface area (Å²) in [5.41, 5.74) is 2.07. The topological polar surface area (TPSA) is 71.0 Å². The summed E-state index contributed by atoms with van der Waals surface area (Å²) in [4.78, 5) is 8.90. The third-order valence-corrected chi connectivity index (χ3v) is 0.505. The second-order valence-corrected chi connectivity index (χ2v) is 1.23. The summed E-state index contributed by atoms with van der Waals surface area (Å²) in [5, 5.41) is 16.3. The van der Waals surface area contributed by atoms with E-state index in [1.54, 1.807) is 0 Å². The van der Waals surface area contributed by atoms with Crippen LogP contribution in [0, 0.1) is 0 Å². The van der Waals surface area contributed by atoms with Gasteiger partial charge in [0.1, 0.15) is 0 Å². The van der Waals surface area contributed by atoms with Gasteiger partial charge in [0.15, 0.2) is 0 Å². The van der Waals surface area contributed by atoms with E-state index in [1.807, 2.05) is 0 Å². The Bertz CT molecular complexity index is 50.5. The molecule has 0 amide bonds. The van der Waals surface area contributed by atoms with Crippen LogP contribution in [0.3, 0.4) is 0 Å². The first-order chi connectivity index (χ1) is 4.41. The SMILES string of the molecule is OCCONOCCO.[NaH]. The molecule has 0 aromatic heterocycles. The number of hydrogen-bond acceptors (Lipinski definition) is 5. The summed E-state index contributed by atoms with van der Waals surface area (Å²) in [6.07, 6.45) is 0. The zero-order chi connectivity index (χ0) is 6.95. The van der Waals surface area contributed by atoms with Crippen molar-refractivity contribution in [1.82, 2.24) is 5.64 Å². The van der Waals surface area contributed by atoms with Gasteiger partial charge in [0.05, 0.1) is 26.4 Å². The molecule has 0 radical (unpaired) electrons. The predicted octanol–water partition coefficient (Wildman–Crippen LogP) is -2.22. The first-order valence-electron chi connectivity index (χ1n) is 2.62. The number of nitrogens with one attached hydrogen (secondary N) is 1. The van der Waals surface area contributed by atoms with Crippen LogP contribution in [-0.4, -0.2) is 66.2 Å². The molecule has 0 saturated carbocycles. The van der Waals surface area contributed by atoms with Crippen LogP contribution < -0.4 is 5.64 Å². The Kier molecular flexibility index (Phi) is 16.7. The Balaban J connectivity index is 0. The van der Waals surface area contributed by atoms with Crippen molar-refractivity contribution in [3.63, 3.8) is 0 Å². The normalized spacial score (nSPS) is 9.00. The van der Waals surface area contributed by atoms with Gasteiger partial charge in [-0.2, -0.15) is 0 Å². The molecule has 0 spiro atoms. The van der Waals surface area contributed by atoms with Gasteiger partial charge in [-0.25, -0.2) is 0 Å². The van der Waals surface area contributed by atoms with Crippen molar-refractivity contribution in [3.05, 3.63) is 0 Å². The average molecular weight is 161 g/mol. The Labute approximate surface area is 81.5 Å². The van der Waals surface area contributed by atoms with Gasteiger partial charge < -0.3 is 10.2 Å². The number of rotatable bonds is 6. The minimum absolute atomic E-state index is 0. The third kappa shape index (κ3) is 11.6. The van der Waals surface area contributed by atoms with Crippen molar-refractivity contribution < 1.29 is 19.9 Å². The molecule has 0 unspecified atom stereocenters. The van der Waals surface area contributed by atoms with Gasteiger partial charge in [-0.05, 0) is 0 Å². The van der Waals surface area contributed by atoms with Crippen LogP contribution in [0.15, 0.2) is 0 Å². The van der Waals surface area contributed by atoms with Crippen LogP contribution in [0.2, 0.25) is 0 Å². The van der Waals surface area contributed by atoms with E-state index in [2.05, 4.69) is 15.3 Å². The predicted molar refractivity (Wildman–Crippen MR) is 36.4 cm³/mol.